The number of terminal acetylenes is 1. The third-order valence-corrected chi connectivity index (χ3v) is 1.33. The first-order valence-electron chi connectivity index (χ1n) is 2.71. The minimum absolute atomic E-state index is 0.350. The van der Waals surface area contributed by atoms with Gasteiger partial charge >= 0.3 is 0 Å². The standard InChI is InChI=1S/C6H7NO2/c1-2-7-4-3-5(8)6(7)9/h1,5,8H,3-4H2. The van der Waals surface area contributed by atoms with Crippen molar-refractivity contribution < 1.29 is 9.90 Å². The summed E-state index contributed by atoms with van der Waals surface area (Å²) >= 11 is 0. The summed E-state index contributed by atoms with van der Waals surface area (Å²) in [5.74, 6) is -0.350. The van der Waals surface area contributed by atoms with Gasteiger partial charge in [-0.15, -0.1) is 0 Å². The van der Waals surface area contributed by atoms with Gasteiger partial charge in [0.05, 0.1) is 0 Å². The molecule has 1 aliphatic rings. The van der Waals surface area contributed by atoms with Gasteiger partial charge in [-0.3, -0.25) is 9.69 Å². The summed E-state index contributed by atoms with van der Waals surface area (Å²) in [6.45, 7) is 0.483. The third-order valence-electron chi connectivity index (χ3n) is 1.33. The molecule has 3 heteroatoms. The molecule has 0 aromatic rings. The molecule has 48 valence electrons. The first-order valence-corrected chi connectivity index (χ1v) is 2.71. The lowest BCUT2D eigenvalue weighted by Crippen LogP contribution is -2.24. The zero-order valence-electron chi connectivity index (χ0n) is 4.87. The third kappa shape index (κ3) is 0.889. The Balaban J connectivity index is 2.65. The minimum Gasteiger partial charge on any atom is -0.383 e. The smallest absolute Gasteiger partial charge is 0.262 e. The molecular weight excluding hydrogens is 118 g/mol. The van der Waals surface area contributed by atoms with E-state index in [2.05, 4.69) is 6.04 Å². The van der Waals surface area contributed by atoms with Crippen LogP contribution in [0.15, 0.2) is 0 Å². The van der Waals surface area contributed by atoms with Gasteiger partial charge in [-0.05, 0) is 0 Å². The molecule has 1 N–H and O–H groups in total. The molecule has 3 nitrogen and oxygen atoms in total. The van der Waals surface area contributed by atoms with E-state index >= 15 is 0 Å². The van der Waals surface area contributed by atoms with Crippen LogP contribution >= 0.6 is 0 Å². The summed E-state index contributed by atoms with van der Waals surface area (Å²) in [5.41, 5.74) is 0. The number of hydrogen-bond acceptors (Lipinski definition) is 2. The topological polar surface area (TPSA) is 40.5 Å². The summed E-state index contributed by atoms with van der Waals surface area (Å²) in [4.78, 5) is 11.9. The summed E-state index contributed by atoms with van der Waals surface area (Å²) in [5, 5.41) is 8.81. The zero-order chi connectivity index (χ0) is 6.85. The quantitative estimate of drug-likeness (QED) is 0.429. The highest BCUT2D eigenvalue weighted by atomic mass is 16.3. The summed E-state index contributed by atoms with van der Waals surface area (Å²) in [7, 11) is 0. The van der Waals surface area contributed by atoms with Gasteiger partial charge in [0.25, 0.3) is 5.91 Å². The molecule has 1 amide bonds. The van der Waals surface area contributed by atoms with Gasteiger partial charge in [-0.1, -0.05) is 6.42 Å². The maximum atomic E-state index is 10.7. The van der Waals surface area contributed by atoms with Crippen LogP contribution in [-0.4, -0.2) is 28.6 Å². The van der Waals surface area contributed by atoms with Gasteiger partial charge in [0.15, 0.2) is 0 Å². The summed E-state index contributed by atoms with van der Waals surface area (Å²) in [6.07, 6.45) is 4.53. The van der Waals surface area contributed by atoms with Crippen molar-refractivity contribution >= 4 is 5.91 Å². The summed E-state index contributed by atoms with van der Waals surface area (Å²) in [6, 6.07) is 2.17. The monoisotopic (exact) mass is 125 g/mol. The average Bonchev–Trinajstić information content (AvgIpc) is 2.15. The van der Waals surface area contributed by atoms with Crippen molar-refractivity contribution in [3.05, 3.63) is 0 Å². The molecule has 1 unspecified atom stereocenters. The van der Waals surface area contributed by atoms with E-state index in [1.54, 1.807) is 0 Å². The second-order valence-electron chi connectivity index (χ2n) is 1.92. The molecule has 0 aromatic carbocycles. The molecule has 0 spiro atoms. The van der Waals surface area contributed by atoms with Gasteiger partial charge in [-0.25, -0.2) is 0 Å². The molecular formula is C6H7NO2. The Morgan fingerprint density at radius 2 is 2.56 bits per heavy atom. The summed E-state index contributed by atoms with van der Waals surface area (Å²) < 4.78 is 0. The second-order valence-corrected chi connectivity index (χ2v) is 1.92. The second kappa shape index (κ2) is 2.08. The average molecular weight is 125 g/mol. The fraction of sp³-hybridized carbons (Fsp3) is 0.500. The van der Waals surface area contributed by atoms with Gasteiger partial charge < -0.3 is 5.11 Å². The number of carbonyl (C=O) groups is 1. The van der Waals surface area contributed by atoms with Crippen LogP contribution in [0.5, 0.6) is 0 Å². The fourth-order valence-electron chi connectivity index (χ4n) is 0.793. The lowest BCUT2D eigenvalue weighted by Gasteiger charge is -2.02. The van der Waals surface area contributed by atoms with Crippen LogP contribution in [0.25, 0.3) is 0 Å². The highest BCUT2D eigenvalue weighted by Crippen LogP contribution is 2.08. The van der Waals surface area contributed by atoms with Crippen molar-refractivity contribution in [3.63, 3.8) is 0 Å². The van der Waals surface area contributed by atoms with Crippen molar-refractivity contribution in [1.29, 1.82) is 0 Å². The number of aliphatic hydroxyl groups excluding tert-OH is 1. The molecule has 1 rings (SSSR count). The number of hydrogen-bond donors (Lipinski definition) is 1. The Bertz CT molecular complexity index is 170. The molecule has 0 bridgehead atoms. The Morgan fingerprint density at radius 1 is 1.89 bits per heavy atom. The molecule has 0 saturated carbocycles. The van der Waals surface area contributed by atoms with Crippen molar-refractivity contribution in [2.45, 2.75) is 12.5 Å². The molecule has 9 heavy (non-hydrogen) atoms. The van der Waals surface area contributed by atoms with E-state index in [1.165, 1.54) is 4.90 Å². The van der Waals surface area contributed by atoms with E-state index in [9.17, 15) is 4.79 Å². The lowest BCUT2D eigenvalue weighted by atomic mass is 10.3. The predicted molar refractivity (Wildman–Crippen MR) is 31.2 cm³/mol. The Morgan fingerprint density at radius 3 is 2.78 bits per heavy atom. The van der Waals surface area contributed by atoms with E-state index in [-0.39, 0.29) is 5.91 Å². The molecule has 1 aliphatic heterocycles. The first-order chi connectivity index (χ1) is 4.25. The van der Waals surface area contributed by atoms with Crippen LogP contribution in [0.1, 0.15) is 6.42 Å². The Kier molecular flexibility index (Phi) is 1.41. The van der Waals surface area contributed by atoms with E-state index in [4.69, 9.17) is 11.5 Å². The molecule has 1 fully saturated rings. The van der Waals surface area contributed by atoms with E-state index in [0.29, 0.717) is 13.0 Å². The molecule has 0 aliphatic carbocycles. The van der Waals surface area contributed by atoms with Gasteiger partial charge in [0, 0.05) is 19.0 Å². The highest BCUT2D eigenvalue weighted by Gasteiger charge is 2.28. The maximum absolute atomic E-state index is 10.7. The molecule has 1 heterocycles. The lowest BCUT2D eigenvalue weighted by molar-refractivity contribution is -0.131. The van der Waals surface area contributed by atoms with E-state index in [0.717, 1.165) is 0 Å². The normalized spacial score (nSPS) is 26.4. The van der Waals surface area contributed by atoms with Crippen LogP contribution in [0.3, 0.4) is 0 Å². The molecule has 0 radical (unpaired) electrons. The van der Waals surface area contributed by atoms with Crippen molar-refractivity contribution in [2.75, 3.05) is 6.54 Å². The van der Waals surface area contributed by atoms with Gasteiger partial charge in [0.1, 0.15) is 6.10 Å². The Labute approximate surface area is 53.3 Å². The van der Waals surface area contributed by atoms with Crippen molar-refractivity contribution in [2.24, 2.45) is 0 Å². The minimum atomic E-state index is -0.860. The van der Waals surface area contributed by atoms with Crippen LogP contribution in [-0.2, 0) is 4.79 Å². The number of rotatable bonds is 0. The SMILES string of the molecule is C#CN1CCC(O)C1=O. The van der Waals surface area contributed by atoms with Crippen molar-refractivity contribution in [1.82, 2.24) is 4.90 Å². The van der Waals surface area contributed by atoms with Gasteiger partial charge in [0.2, 0.25) is 0 Å². The fourth-order valence-corrected chi connectivity index (χ4v) is 0.793. The number of nitrogens with zero attached hydrogens (tertiary/aromatic N) is 1. The van der Waals surface area contributed by atoms with Crippen LogP contribution in [0.2, 0.25) is 0 Å². The number of aliphatic hydroxyl groups is 1. The van der Waals surface area contributed by atoms with Crippen LogP contribution < -0.4 is 0 Å². The van der Waals surface area contributed by atoms with E-state index < -0.39 is 6.10 Å². The van der Waals surface area contributed by atoms with Crippen molar-refractivity contribution in [3.8, 4) is 12.5 Å². The molecule has 1 atom stereocenters. The highest BCUT2D eigenvalue weighted by molar-refractivity contribution is 5.84. The predicted octanol–water partition coefficient (Wildman–Crippen LogP) is -0.830. The number of amides is 1. The first kappa shape index (κ1) is 6.12. The largest absolute Gasteiger partial charge is 0.383 e. The van der Waals surface area contributed by atoms with E-state index in [1.807, 2.05) is 0 Å². The zero-order valence-corrected chi connectivity index (χ0v) is 4.87. The Hall–Kier alpha value is -1.01. The maximum Gasteiger partial charge on any atom is 0.262 e. The number of likely N-dealkylation sites (tertiary alicyclic amines) is 1. The number of carbonyl (C=O) groups excluding carboxylic acids is 1. The van der Waals surface area contributed by atoms with Crippen LogP contribution in [0.4, 0.5) is 0 Å². The molecule has 1 saturated heterocycles. The molecule has 0 aromatic heterocycles. The van der Waals surface area contributed by atoms with Gasteiger partial charge in [-0.2, -0.15) is 0 Å². The van der Waals surface area contributed by atoms with Crippen LogP contribution in [0, 0.1) is 12.5 Å².